The molecular formula is C72H104N8O10. The maximum Gasteiger partial charge on any atom is 0.419 e. The lowest BCUT2D eigenvalue weighted by atomic mass is 9.66. The van der Waals surface area contributed by atoms with Gasteiger partial charge in [-0.25, -0.2) is 29.0 Å². The lowest BCUT2D eigenvalue weighted by molar-refractivity contribution is 0.0129. The van der Waals surface area contributed by atoms with E-state index in [4.69, 9.17) is 23.7 Å². The predicted molar refractivity (Wildman–Crippen MR) is 355 cm³/mol. The molecule has 492 valence electrons. The summed E-state index contributed by atoms with van der Waals surface area (Å²) in [4.78, 5) is 68.5. The second-order valence-corrected chi connectivity index (χ2v) is 30.4. The first-order valence-electron chi connectivity index (χ1n) is 32.8. The molecule has 6 heterocycles. The van der Waals surface area contributed by atoms with Crippen LogP contribution in [-0.2, 0) is 65.9 Å². The summed E-state index contributed by atoms with van der Waals surface area (Å²) >= 11 is 0. The van der Waals surface area contributed by atoms with Crippen LogP contribution in [0.15, 0.2) is 66.7 Å². The van der Waals surface area contributed by atoms with E-state index in [9.17, 15) is 24.3 Å². The van der Waals surface area contributed by atoms with Crippen LogP contribution in [0.5, 0.6) is 0 Å². The van der Waals surface area contributed by atoms with Crippen LogP contribution in [0, 0.1) is 0 Å². The summed E-state index contributed by atoms with van der Waals surface area (Å²) in [5.41, 5.74) is 10.9. The summed E-state index contributed by atoms with van der Waals surface area (Å²) < 4.78 is 28.2. The molecule has 4 fully saturated rings. The van der Waals surface area contributed by atoms with Crippen molar-refractivity contribution < 1.29 is 48.0 Å². The largest absolute Gasteiger partial charge is 0.464 e. The second-order valence-electron chi connectivity index (χ2n) is 30.4. The molecule has 0 aliphatic carbocycles. The maximum absolute atomic E-state index is 13.9. The van der Waals surface area contributed by atoms with Gasteiger partial charge in [-0.05, 0) is 155 Å². The molecule has 0 spiro atoms. The van der Waals surface area contributed by atoms with E-state index in [0.717, 1.165) is 168 Å². The highest BCUT2D eigenvalue weighted by Crippen LogP contribution is 2.54. The smallest absolute Gasteiger partial charge is 0.419 e. The predicted octanol–water partition coefficient (Wildman–Crippen LogP) is 12.7. The standard InChI is InChI=1S/2C36H52N4O5/c1-34(2,3)44-32(41)39-17-15-38(16-18-39)25-27-10-12-30-29(23-27)36(7,8)28-11-9-26(13-14-37-19-21-43-22-20-37)24-31(28)40(30)33(42)45-35(4,5)6;1-34(2,3)30-26(24-38-15-17-39(18-16-38)33(43)45-35(4,5)6)10-12-28-31(30)36(7,8)27-11-9-25(23-29(27)40(28)32(41)42)13-14-37-19-21-44-22-20-37/h9-12,23-24H,13-22,25H2,1-8H3;9-12,23H,13-22,24H2,1-8H3,(H,41,42). The Morgan fingerprint density at radius 1 is 0.444 bits per heavy atom. The van der Waals surface area contributed by atoms with Crippen molar-refractivity contribution in [3.63, 3.8) is 0 Å². The molecule has 0 bridgehead atoms. The van der Waals surface area contributed by atoms with Crippen LogP contribution in [-0.4, -0.2) is 194 Å². The van der Waals surface area contributed by atoms with Crippen LogP contribution in [0.2, 0.25) is 0 Å². The lowest BCUT2D eigenvalue weighted by Gasteiger charge is -2.44. The van der Waals surface area contributed by atoms with Gasteiger partial charge < -0.3 is 38.6 Å². The van der Waals surface area contributed by atoms with E-state index in [-0.39, 0.29) is 29.1 Å². The molecule has 0 saturated carbocycles. The van der Waals surface area contributed by atoms with Crippen molar-refractivity contribution in [3.05, 3.63) is 117 Å². The molecule has 0 unspecified atom stereocenters. The Kier molecular flexibility index (Phi) is 20.5. The highest BCUT2D eigenvalue weighted by atomic mass is 16.6. The summed E-state index contributed by atoms with van der Waals surface area (Å²) in [7, 11) is 0. The maximum atomic E-state index is 13.9. The van der Waals surface area contributed by atoms with Crippen molar-refractivity contribution in [1.29, 1.82) is 0 Å². The number of hydrogen-bond donors (Lipinski definition) is 1. The molecule has 1 N–H and O–H groups in total. The number of carboxylic acid groups (broad SMARTS) is 1. The van der Waals surface area contributed by atoms with Gasteiger partial charge in [-0.3, -0.25) is 19.6 Å². The van der Waals surface area contributed by atoms with Gasteiger partial charge in [0.2, 0.25) is 0 Å². The zero-order chi connectivity index (χ0) is 65.3. The minimum atomic E-state index is -0.968. The van der Waals surface area contributed by atoms with E-state index in [0.29, 0.717) is 26.2 Å². The van der Waals surface area contributed by atoms with Crippen molar-refractivity contribution in [3.8, 4) is 0 Å². The fraction of sp³-hybridized carbons (Fsp3) is 0.611. The highest BCUT2D eigenvalue weighted by molar-refractivity contribution is 6.01. The third kappa shape index (κ3) is 16.3. The molecule has 10 rings (SSSR count). The van der Waals surface area contributed by atoms with Crippen molar-refractivity contribution in [2.75, 3.05) is 128 Å². The first-order chi connectivity index (χ1) is 42.2. The van der Waals surface area contributed by atoms with Gasteiger partial charge in [0, 0.05) is 116 Å². The number of hydrogen-bond acceptors (Lipinski definition) is 13. The number of amides is 4. The van der Waals surface area contributed by atoms with Gasteiger partial charge in [-0.15, -0.1) is 0 Å². The molecule has 4 amide bonds. The van der Waals surface area contributed by atoms with Crippen LogP contribution in [0.25, 0.3) is 0 Å². The molecule has 90 heavy (non-hydrogen) atoms. The van der Waals surface area contributed by atoms with E-state index in [1.807, 2.05) is 68.4 Å². The quantitative estimate of drug-likeness (QED) is 0.149. The third-order valence-corrected chi connectivity index (χ3v) is 18.1. The Labute approximate surface area is 536 Å². The van der Waals surface area contributed by atoms with Crippen molar-refractivity contribution >= 4 is 47.1 Å². The van der Waals surface area contributed by atoms with E-state index < -0.39 is 28.3 Å². The number of ether oxygens (including phenoxy) is 5. The van der Waals surface area contributed by atoms with Gasteiger partial charge in [0.15, 0.2) is 0 Å². The topological polar surface area (TPSA) is 161 Å². The molecule has 6 aliphatic rings. The molecule has 0 atom stereocenters. The number of carbonyl (C=O) groups excluding carboxylic acids is 3. The number of benzene rings is 4. The van der Waals surface area contributed by atoms with Crippen molar-refractivity contribution in [1.82, 2.24) is 29.4 Å². The normalized spacial score (nSPS) is 19.2. The van der Waals surface area contributed by atoms with E-state index in [2.05, 4.69) is 129 Å². The number of piperazine rings is 2. The van der Waals surface area contributed by atoms with Gasteiger partial charge >= 0.3 is 24.4 Å². The Balaban J connectivity index is 0.000000213. The zero-order valence-electron chi connectivity index (χ0n) is 57.1. The van der Waals surface area contributed by atoms with Crippen LogP contribution in [0.3, 0.4) is 0 Å². The number of anilines is 4. The van der Waals surface area contributed by atoms with Gasteiger partial charge in [-0.1, -0.05) is 90.9 Å². The van der Waals surface area contributed by atoms with E-state index >= 15 is 0 Å². The Morgan fingerprint density at radius 3 is 1.32 bits per heavy atom. The summed E-state index contributed by atoms with van der Waals surface area (Å²) in [5, 5.41) is 10.6. The fourth-order valence-electron chi connectivity index (χ4n) is 13.5. The molecule has 4 saturated heterocycles. The summed E-state index contributed by atoms with van der Waals surface area (Å²) in [6.07, 6.45) is -0.0711. The molecule has 18 heteroatoms. The monoisotopic (exact) mass is 1240 g/mol. The van der Waals surface area contributed by atoms with Crippen LogP contribution in [0.1, 0.15) is 161 Å². The molecule has 4 aromatic carbocycles. The van der Waals surface area contributed by atoms with Gasteiger partial charge in [0.25, 0.3) is 0 Å². The molecule has 0 aromatic heterocycles. The Morgan fingerprint density at radius 2 is 0.867 bits per heavy atom. The Hall–Kier alpha value is -6.28. The van der Waals surface area contributed by atoms with E-state index in [1.54, 1.807) is 14.7 Å². The minimum Gasteiger partial charge on any atom is -0.464 e. The highest BCUT2D eigenvalue weighted by Gasteiger charge is 2.45. The van der Waals surface area contributed by atoms with Crippen molar-refractivity contribution in [2.24, 2.45) is 0 Å². The summed E-state index contributed by atoms with van der Waals surface area (Å²) in [5.74, 6) is 0. The lowest BCUT2D eigenvalue weighted by Crippen LogP contribution is -2.49. The van der Waals surface area contributed by atoms with Gasteiger partial charge in [0.1, 0.15) is 16.8 Å². The summed E-state index contributed by atoms with van der Waals surface area (Å²) in [6, 6.07) is 23.6. The molecule has 0 radical (unpaired) electrons. The van der Waals surface area contributed by atoms with Gasteiger partial charge in [0.05, 0.1) is 49.2 Å². The molecule has 6 aliphatic heterocycles. The molecule has 18 nitrogen and oxygen atoms in total. The fourth-order valence-corrected chi connectivity index (χ4v) is 13.5. The summed E-state index contributed by atoms with van der Waals surface area (Å²) in [6.45, 7) is 48.5. The van der Waals surface area contributed by atoms with Crippen LogP contribution in [0.4, 0.5) is 41.9 Å². The third-order valence-electron chi connectivity index (χ3n) is 18.1. The number of carbonyl (C=O) groups is 4. The second kappa shape index (κ2) is 27.1. The molecular weight excluding hydrogens is 1140 g/mol. The Bertz CT molecular complexity index is 3210. The average Bonchev–Trinajstić information content (AvgIpc) is 0.747. The SMILES string of the molecule is CC(C)(C)OC(=O)N1CCN(Cc2ccc3c(c2)C(C)(C)c2ccc(CCN4CCOCC4)cc2N3C(=O)OC(C)(C)C)CC1.CC(C)(C)OC(=O)N1CCN(Cc2ccc3c(c2C(C)(C)C)C(C)(C)c2ccc(CCN4CCOCC4)cc2N3C(=O)O)CC1. The number of morpholine rings is 2. The zero-order valence-corrected chi connectivity index (χ0v) is 57.1. The first-order valence-corrected chi connectivity index (χ1v) is 32.8. The number of nitrogens with zero attached hydrogens (tertiary/aromatic N) is 8. The minimum absolute atomic E-state index is 0.226. The average molecular weight is 1240 g/mol. The molecule has 4 aromatic rings. The number of fused-ring (bicyclic) bond motifs is 4. The first kappa shape index (κ1) is 68.1. The van der Waals surface area contributed by atoms with E-state index in [1.165, 1.54) is 27.2 Å². The van der Waals surface area contributed by atoms with Crippen LogP contribution >= 0.6 is 0 Å². The van der Waals surface area contributed by atoms with Crippen LogP contribution < -0.4 is 9.80 Å². The number of rotatable bonds is 10. The van der Waals surface area contributed by atoms with Gasteiger partial charge in [-0.2, -0.15) is 0 Å². The van der Waals surface area contributed by atoms with Crippen molar-refractivity contribution in [2.45, 2.75) is 170 Å².